The van der Waals surface area contributed by atoms with Crippen molar-refractivity contribution in [3.05, 3.63) is 18.2 Å². The lowest BCUT2D eigenvalue weighted by molar-refractivity contribution is 0.342. The smallest absolute Gasteiger partial charge is 0.182 e. The minimum Gasteiger partial charge on any atom is -0.492 e. The number of anilines is 1. The van der Waals surface area contributed by atoms with E-state index in [1.165, 1.54) is 12.8 Å². The first-order valence-electron chi connectivity index (χ1n) is 7.05. The molecule has 2 N–H and O–H groups in total. The van der Waals surface area contributed by atoms with E-state index in [1.807, 2.05) is 29.8 Å². The van der Waals surface area contributed by atoms with Gasteiger partial charge in [-0.15, -0.1) is 5.10 Å². The Hall–Kier alpha value is -2.11. The fraction of sp³-hybridized carbons (Fsp3) is 0.500. The second-order valence-corrected chi connectivity index (χ2v) is 4.62. The summed E-state index contributed by atoms with van der Waals surface area (Å²) in [6, 6.07) is 5.65. The van der Waals surface area contributed by atoms with Crippen LogP contribution in [-0.4, -0.2) is 26.8 Å². The van der Waals surface area contributed by atoms with Crippen LogP contribution in [0.4, 0.5) is 5.69 Å². The van der Waals surface area contributed by atoms with Crippen LogP contribution < -0.4 is 10.5 Å². The molecule has 0 atom stereocenters. The van der Waals surface area contributed by atoms with E-state index in [0.717, 1.165) is 24.4 Å². The maximum Gasteiger partial charge on any atom is 0.182 e. The third-order valence-electron chi connectivity index (χ3n) is 3.07. The van der Waals surface area contributed by atoms with Crippen molar-refractivity contribution >= 4 is 5.69 Å². The van der Waals surface area contributed by atoms with E-state index in [-0.39, 0.29) is 0 Å². The molecule has 0 amide bonds. The van der Waals surface area contributed by atoms with Gasteiger partial charge in [0.2, 0.25) is 0 Å². The Morgan fingerprint density at radius 1 is 1.25 bits per heavy atom. The van der Waals surface area contributed by atoms with Gasteiger partial charge in [0.05, 0.1) is 12.3 Å². The molecule has 2 rings (SSSR count). The van der Waals surface area contributed by atoms with E-state index < -0.39 is 0 Å². The first-order chi connectivity index (χ1) is 9.76. The minimum absolute atomic E-state index is 0.596. The zero-order valence-electron chi connectivity index (χ0n) is 12.0. The normalized spacial score (nSPS) is 10.7. The van der Waals surface area contributed by atoms with Crippen molar-refractivity contribution in [2.75, 3.05) is 12.3 Å². The molecule has 108 valence electrons. The number of aromatic nitrogens is 4. The van der Waals surface area contributed by atoms with E-state index in [0.29, 0.717) is 18.0 Å². The van der Waals surface area contributed by atoms with Crippen molar-refractivity contribution in [3.63, 3.8) is 0 Å². The summed E-state index contributed by atoms with van der Waals surface area (Å²) in [6.07, 6.45) is 3.42. The summed E-state index contributed by atoms with van der Waals surface area (Å²) in [7, 11) is 0. The molecule has 0 saturated heterocycles. The molecule has 0 radical (unpaired) electrons. The highest BCUT2D eigenvalue weighted by atomic mass is 16.5. The maximum absolute atomic E-state index is 5.98. The van der Waals surface area contributed by atoms with Gasteiger partial charge in [-0.25, -0.2) is 4.68 Å². The van der Waals surface area contributed by atoms with Crippen LogP contribution in [0, 0.1) is 0 Å². The van der Waals surface area contributed by atoms with Crippen LogP contribution in [0.3, 0.4) is 0 Å². The molecular weight excluding hydrogens is 254 g/mol. The third kappa shape index (κ3) is 3.26. The molecular formula is C14H21N5O. The van der Waals surface area contributed by atoms with Crippen molar-refractivity contribution in [3.8, 4) is 17.1 Å². The number of benzene rings is 1. The lowest BCUT2D eigenvalue weighted by Crippen LogP contribution is -2.04. The SMILES string of the molecule is CCCCCn1nnnc1-c1ccc(OCC)c(N)c1. The standard InChI is InChI=1S/C14H21N5O/c1-3-5-6-9-19-14(16-17-18-19)11-7-8-13(20-4-2)12(15)10-11/h7-8,10H,3-6,9,15H2,1-2H3. The number of ether oxygens (including phenoxy) is 1. The van der Waals surface area contributed by atoms with Gasteiger partial charge in [-0.05, 0) is 42.0 Å². The van der Waals surface area contributed by atoms with E-state index >= 15 is 0 Å². The number of nitrogens with two attached hydrogens (primary N) is 1. The Balaban J connectivity index is 2.19. The van der Waals surface area contributed by atoms with Gasteiger partial charge in [0.25, 0.3) is 0 Å². The van der Waals surface area contributed by atoms with Crippen molar-refractivity contribution in [1.82, 2.24) is 20.2 Å². The minimum atomic E-state index is 0.596. The van der Waals surface area contributed by atoms with Crippen LogP contribution in [0.1, 0.15) is 33.1 Å². The lowest BCUT2D eigenvalue weighted by atomic mass is 10.1. The molecule has 20 heavy (non-hydrogen) atoms. The van der Waals surface area contributed by atoms with Gasteiger partial charge in [0, 0.05) is 12.1 Å². The van der Waals surface area contributed by atoms with Crippen molar-refractivity contribution in [1.29, 1.82) is 0 Å². The molecule has 0 spiro atoms. The number of tetrazole rings is 1. The van der Waals surface area contributed by atoms with Gasteiger partial charge in [0.1, 0.15) is 5.75 Å². The molecule has 0 fully saturated rings. The van der Waals surface area contributed by atoms with Crippen LogP contribution >= 0.6 is 0 Å². The summed E-state index contributed by atoms with van der Waals surface area (Å²) in [5.74, 6) is 1.44. The summed E-state index contributed by atoms with van der Waals surface area (Å²) in [4.78, 5) is 0. The number of hydrogen-bond acceptors (Lipinski definition) is 5. The first-order valence-corrected chi connectivity index (χ1v) is 7.05. The Morgan fingerprint density at radius 2 is 2.10 bits per heavy atom. The topological polar surface area (TPSA) is 78.8 Å². The number of unbranched alkanes of at least 4 members (excludes halogenated alkanes) is 2. The second-order valence-electron chi connectivity index (χ2n) is 4.62. The molecule has 1 aromatic heterocycles. The average Bonchev–Trinajstić information content (AvgIpc) is 2.90. The number of rotatable bonds is 7. The highest BCUT2D eigenvalue weighted by Gasteiger charge is 2.10. The molecule has 6 heteroatoms. The van der Waals surface area contributed by atoms with E-state index in [4.69, 9.17) is 10.5 Å². The molecule has 1 heterocycles. The van der Waals surface area contributed by atoms with Crippen molar-refractivity contribution in [2.24, 2.45) is 0 Å². The Labute approximate surface area is 118 Å². The van der Waals surface area contributed by atoms with E-state index in [1.54, 1.807) is 0 Å². The van der Waals surface area contributed by atoms with Gasteiger partial charge in [0.15, 0.2) is 5.82 Å². The third-order valence-corrected chi connectivity index (χ3v) is 3.07. The van der Waals surface area contributed by atoms with Crippen LogP contribution in [0.2, 0.25) is 0 Å². The molecule has 0 saturated carbocycles. The number of nitrogen functional groups attached to an aromatic ring is 1. The highest BCUT2D eigenvalue weighted by molar-refractivity contribution is 5.66. The largest absolute Gasteiger partial charge is 0.492 e. The molecule has 2 aromatic rings. The fourth-order valence-corrected chi connectivity index (χ4v) is 2.05. The second kappa shape index (κ2) is 6.88. The summed E-state index contributed by atoms with van der Waals surface area (Å²) < 4.78 is 7.26. The monoisotopic (exact) mass is 275 g/mol. The van der Waals surface area contributed by atoms with E-state index in [2.05, 4.69) is 22.4 Å². The van der Waals surface area contributed by atoms with Crippen LogP contribution in [-0.2, 0) is 6.54 Å². The summed E-state index contributed by atoms with van der Waals surface area (Å²) in [5, 5.41) is 11.9. The van der Waals surface area contributed by atoms with Gasteiger partial charge in [-0.3, -0.25) is 0 Å². The van der Waals surface area contributed by atoms with Crippen LogP contribution in [0.25, 0.3) is 11.4 Å². The first kappa shape index (κ1) is 14.3. The number of aryl methyl sites for hydroxylation is 1. The van der Waals surface area contributed by atoms with Gasteiger partial charge in [-0.2, -0.15) is 0 Å². The molecule has 0 aliphatic heterocycles. The van der Waals surface area contributed by atoms with Crippen molar-refractivity contribution in [2.45, 2.75) is 39.7 Å². The molecule has 1 aromatic carbocycles. The van der Waals surface area contributed by atoms with Crippen LogP contribution in [0.5, 0.6) is 5.75 Å². The predicted octanol–water partition coefficient (Wildman–Crippen LogP) is 2.51. The number of hydrogen-bond donors (Lipinski definition) is 1. The maximum atomic E-state index is 5.98. The Bertz CT molecular complexity index is 552. The molecule has 0 aliphatic rings. The van der Waals surface area contributed by atoms with Gasteiger partial charge < -0.3 is 10.5 Å². The van der Waals surface area contributed by atoms with Gasteiger partial charge >= 0.3 is 0 Å². The summed E-state index contributed by atoms with van der Waals surface area (Å²) in [5.41, 5.74) is 7.50. The van der Waals surface area contributed by atoms with Gasteiger partial charge in [-0.1, -0.05) is 19.8 Å². The predicted molar refractivity (Wildman–Crippen MR) is 78.4 cm³/mol. The molecule has 0 aliphatic carbocycles. The highest BCUT2D eigenvalue weighted by Crippen LogP contribution is 2.27. The lowest BCUT2D eigenvalue weighted by Gasteiger charge is -2.09. The number of nitrogens with zero attached hydrogens (tertiary/aromatic N) is 4. The zero-order chi connectivity index (χ0) is 14.4. The van der Waals surface area contributed by atoms with Crippen molar-refractivity contribution < 1.29 is 4.74 Å². The summed E-state index contributed by atoms with van der Waals surface area (Å²) in [6.45, 7) is 5.52. The molecule has 6 nitrogen and oxygen atoms in total. The average molecular weight is 275 g/mol. The summed E-state index contributed by atoms with van der Waals surface area (Å²) >= 11 is 0. The molecule has 0 unspecified atom stereocenters. The van der Waals surface area contributed by atoms with Crippen LogP contribution in [0.15, 0.2) is 18.2 Å². The van der Waals surface area contributed by atoms with E-state index in [9.17, 15) is 0 Å². The molecule has 0 bridgehead atoms. The Kier molecular flexibility index (Phi) is 4.92. The fourth-order valence-electron chi connectivity index (χ4n) is 2.05. The Morgan fingerprint density at radius 3 is 2.80 bits per heavy atom. The zero-order valence-corrected chi connectivity index (χ0v) is 12.0. The quantitative estimate of drug-likeness (QED) is 0.620.